The van der Waals surface area contributed by atoms with Crippen molar-refractivity contribution in [1.82, 2.24) is 0 Å². The van der Waals surface area contributed by atoms with E-state index in [-0.39, 0.29) is 0 Å². The minimum absolute atomic E-state index is 0.693. The van der Waals surface area contributed by atoms with E-state index in [1.807, 2.05) is 51.1 Å². The van der Waals surface area contributed by atoms with Gasteiger partial charge in [-0.25, -0.2) is 0 Å². The van der Waals surface area contributed by atoms with Crippen LogP contribution in [0.1, 0.15) is 20.8 Å². The summed E-state index contributed by atoms with van der Waals surface area (Å²) in [5.41, 5.74) is 2.29. The first-order valence-electron chi connectivity index (χ1n) is 6.83. The summed E-state index contributed by atoms with van der Waals surface area (Å²) < 4.78 is 5.51. The number of ether oxygens (including phenoxy) is 1. The van der Waals surface area contributed by atoms with Gasteiger partial charge in [-0.3, -0.25) is 0 Å². The van der Waals surface area contributed by atoms with E-state index in [9.17, 15) is 0 Å². The molecule has 19 heavy (non-hydrogen) atoms. The second-order valence-corrected chi connectivity index (χ2v) is 3.82. The summed E-state index contributed by atoms with van der Waals surface area (Å²) in [6, 6.07) is 18.4. The van der Waals surface area contributed by atoms with Gasteiger partial charge in [-0.05, 0) is 31.2 Å². The van der Waals surface area contributed by atoms with Crippen molar-refractivity contribution in [2.24, 2.45) is 0 Å². The van der Waals surface area contributed by atoms with E-state index in [0.717, 1.165) is 11.4 Å². The molecule has 0 saturated carbocycles. The Balaban J connectivity index is 0.000000861. The van der Waals surface area contributed by atoms with Crippen molar-refractivity contribution >= 4 is 11.4 Å². The predicted molar refractivity (Wildman–Crippen MR) is 83.5 cm³/mol. The molecule has 0 heterocycles. The molecule has 0 atom stereocenters. The van der Waals surface area contributed by atoms with E-state index in [1.165, 1.54) is 5.69 Å². The Morgan fingerprint density at radius 3 is 2.16 bits per heavy atom. The zero-order chi connectivity index (χ0) is 14.1. The van der Waals surface area contributed by atoms with Gasteiger partial charge in [0, 0.05) is 24.5 Å². The van der Waals surface area contributed by atoms with Gasteiger partial charge >= 0.3 is 0 Å². The Morgan fingerprint density at radius 2 is 1.53 bits per heavy atom. The SMILES string of the molecule is CC.CCOc1cccc(N(C)c2ccccc2)c1. The predicted octanol–water partition coefficient (Wildman–Crippen LogP) is 4.88. The molecular weight excluding hydrogens is 234 g/mol. The maximum Gasteiger partial charge on any atom is 0.121 e. The maximum absolute atomic E-state index is 5.51. The fourth-order valence-corrected chi connectivity index (χ4v) is 1.75. The summed E-state index contributed by atoms with van der Waals surface area (Å²) in [4.78, 5) is 2.14. The summed E-state index contributed by atoms with van der Waals surface area (Å²) in [5.74, 6) is 0.910. The van der Waals surface area contributed by atoms with Crippen LogP contribution in [0.2, 0.25) is 0 Å². The highest BCUT2D eigenvalue weighted by Gasteiger charge is 2.03. The first-order valence-corrected chi connectivity index (χ1v) is 6.83. The third kappa shape index (κ3) is 4.32. The average molecular weight is 257 g/mol. The van der Waals surface area contributed by atoms with Gasteiger partial charge in [-0.1, -0.05) is 38.1 Å². The van der Waals surface area contributed by atoms with Crippen LogP contribution in [0.4, 0.5) is 11.4 Å². The number of benzene rings is 2. The van der Waals surface area contributed by atoms with Crippen molar-refractivity contribution in [3.8, 4) is 5.75 Å². The number of hydrogen-bond acceptors (Lipinski definition) is 2. The van der Waals surface area contributed by atoms with E-state index >= 15 is 0 Å². The van der Waals surface area contributed by atoms with E-state index in [2.05, 4.69) is 36.2 Å². The summed E-state index contributed by atoms with van der Waals surface area (Å²) in [6.07, 6.45) is 0. The highest BCUT2D eigenvalue weighted by molar-refractivity contribution is 5.63. The van der Waals surface area contributed by atoms with E-state index in [0.29, 0.717) is 6.61 Å². The number of nitrogens with zero attached hydrogens (tertiary/aromatic N) is 1. The molecule has 0 fully saturated rings. The Kier molecular flexibility index (Phi) is 6.51. The lowest BCUT2D eigenvalue weighted by Gasteiger charge is -2.20. The van der Waals surface area contributed by atoms with Crippen LogP contribution < -0.4 is 9.64 Å². The molecule has 0 aromatic heterocycles. The molecule has 0 amide bonds. The molecule has 102 valence electrons. The van der Waals surface area contributed by atoms with Crippen LogP contribution >= 0.6 is 0 Å². The van der Waals surface area contributed by atoms with Crippen LogP contribution in [0, 0.1) is 0 Å². The molecule has 2 heteroatoms. The largest absolute Gasteiger partial charge is 0.494 e. The molecule has 2 rings (SSSR count). The molecule has 0 aliphatic heterocycles. The summed E-state index contributed by atoms with van der Waals surface area (Å²) in [6.45, 7) is 6.69. The molecule has 2 aromatic rings. The standard InChI is InChI=1S/C15H17NO.C2H6/c1-3-17-15-11-7-10-14(12-15)16(2)13-8-5-4-6-9-13;1-2/h4-12H,3H2,1-2H3;1-2H3. The first kappa shape index (κ1) is 15.1. The minimum Gasteiger partial charge on any atom is -0.494 e. The van der Waals surface area contributed by atoms with Crippen molar-refractivity contribution in [3.63, 3.8) is 0 Å². The molecule has 2 aromatic carbocycles. The molecule has 0 aliphatic carbocycles. The van der Waals surface area contributed by atoms with Gasteiger partial charge in [0.15, 0.2) is 0 Å². The average Bonchev–Trinajstić information content (AvgIpc) is 2.50. The van der Waals surface area contributed by atoms with Crippen LogP contribution in [0.5, 0.6) is 5.75 Å². The molecule has 0 radical (unpaired) electrons. The van der Waals surface area contributed by atoms with Gasteiger partial charge in [0.1, 0.15) is 5.75 Å². The first-order chi connectivity index (χ1) is 9.31. The zero-order valence-corrected chi connectivity index (χ0v) is 12.3. The van der Waals surface area contributed by atoms with Crippen LogP contribution in [0.15, 0.2) is 54.6 Å². The topological polar surface area (TPSA) is 12.5 Å². The van der Waals surface area contributed by atoms with Crippen molar-refractivity contribution in [2.45, 2.75) is 20.8 Å². The van der Waals surface area contributed by atoms with Crippen LogP contribution in [-0.4, -0.2) is 13.7 Å². The number of hydrogen-bond donors (Lipinski definition) is 0. The monoisotopic (exact) mass is 257 g/mol. The Labute approximate surface area is 116 Å². The third-order valence-electron chi connectivity index (χ3n) is 2.66. The molecule has 0 saturated heterocycles. The Bertz CT molecular complexity index is 468. The maximum atomic E-state index is 5.51. The molecule has 0 N–H and O–H groups in total. The number of anilines is 2. The van der Waals surface area contributed by atoms with Crippen molar-refractivity contribution in [1.29, 1.82) is 0 Å². The lowest BCUT2D eigenvalue weighted by Crippen LogP contribution is -2.09. The van der Waals surface area contributed by atoms with E-state index in [1.54, 1.807) is 0 Å². The molecule has 0 aliphatic rings. The lowest BCUT2D eigenvalue weighted by molar-refractivity contribution is 0.340. The van der Waals surface area contributed by atoms with Gasteiger partial charge in [-0.2, -0.15) is 0 Å². The molecule has 0 bridgehead atoms. The third-order valence-corrected chi connectivity index (χ3v) is 2.66. The molecule has 0 spiro atoms. The van der Waals surface area contributed by atoms with Gasteiger partial charge < -0.3 is 9.64 Å². The van der Waals surface area contributed by atoms with Crippen molar-refractivity contribution in [2.75, 3.05) is 18.6 Å². The van der Waals surface area contributed by atoms with Crippen molar-refractivity contribution < 1.29 is 4.74 Å². The number of rotatable bonds is 4. The minimum atomic E-state index is 0.693. The second-order valence-electron chi connectivity index (χ2n) is 3.82. The quantitative estimate of drug-likeness (QED) is 0.774. The van der Waals surface area contributed by atoms with Crippen molar-refractivity contribution in [3.05, 3.63) is 54.6 Å². The Hall–Kier alpha value is -1.96. The summed E-state index contributed by atoms with van der Waals surface area (Å²) >= 11 is 0. The molecule has 2 nitrogen and oxygen atoms in total. The number of para-hydroxylation sites is 1. The molecular formula is C17H23NO. The van der Waals surface area contributed by atoms with Gasteiger partial charge in [-0.15, -0.1) is 0 Å². The van der Waals surface area contributed by atoms with Crippen LogP contribution in [-0.2, 0) is 0 Å². The van der Waals surface area contributed by atoms with Gasteiger partial charge in [0.25, 0.3) is 0 Å². The van der Waals surface area contributed by atoms with E-state index in [4.69, 9.17) is 4.74 Å². The lowest BCUT2D eigenvalue weighted by atomic mass is 10.2. The van der Waals surface area contributed by atoms with Gasteiger partial charge in [0.2, 0.25) is 0 Å². The summed E-state index contributed by atoms with van der Waals surface area (Å²) in [5, 5.41) is 0. The van der Waals surface area contributed by atoms with Crippen LogP contribution in [0.3, 0.4) is 0 Å². The smallest absolute Gasteiger partial charge is 0.121 e. The Morgan fingerprint density at radius 1 is 0.895 bits per heavy atom. The fraction of sp³-hybridized carbons (Fsp3) is 0.294. The highest BCUT2D eigenvalue weighted by atomic mass is 16.5. The highest BCUT2D eigenvalue weighted by Crippen LogP contribution is 2.26. The zero-order valence-electron chi connectivity index (χ0n) is 12.3. The summed E-state index contributed by atoms with van der Waals surface area (Å²) in [7, 11) is 2.06. The normalized spacial score (nSPS) is 9.26. The van der Waals surface area contributed by atoms with Gasteiger partial charge in [0.05, 0.1) is 6.61 Å². The van der Waals surface area contributed by atoms with Crippen LogP contribution in [0.25, 0.3) is 0 Å². The fourth-order valence-electron chi connectivity index (χ4n) is 1.75. The van der Waals surface area contributed by atoms with E-state index < -0.39 is 0 Å². The molecule has 0 unspecified atom stereocenters. The second kappa shape index (κ2) is 8.20.